The van der Waals surface area contributed by atoms with Gasteiger partial charge >= 0.3 is 0 Å². The van der Waals surface area contributed by atoms with E-state index in [1.807, 2.05) is 24.3 Å². The summed E-state index contributed by atoms with van der Waals surface area (Å²) in [7, 11) is 0. The lowest BCUT2D eigenvalue weighted by atomic mass is 9.80. The molecule has 0 atom stereocenters. The van der Waals surface area contributed by atoms with E-state index in [0.29, 0.717) is 114 Å². The van der Waals surface area contributed by atoms with Crippen molar-refractivity contribution >= 4 is 11.6 Å². The number of hydrogen-bond acceptors (Lipinski definition) is 11. The number of allylic oxidation sites excluding steroid dienone is 1. The van der Waals surface area contributed by atoms with Gasteiger partial charge in [-0.1, -0.05) is 103 Å². The van der Waals surface area contributed by atoms with Crippen LogP contribution in [0, 0.1) is 0 Å². The van der Waals surface area contributed by atoms with Crippen LogP contribution < -0.4 is 35.1 Å². The van der Waals surface area contributed by atoms with Gasteiger partial charge in [-0.15, -0.1) is 0 Å². The monoisotopic (exact) mass is 1020 g/mol. The second kappa shape index (κ2) is 31.5. The van der Waals surface area contributed by atoms with E-state index >= 15 is 0 Å². The summed E-state index contributed by atoms with van der Waals surface area (Å²) in [6.45, 7) is 21.8. The number of benzene rings is 4. The van der Waals surface area contributed by atoms with E-state index in [2.05, 4.69) is 117 Å². The third-order valence-electron chi connectivity index (χ3n) is 12.8. The Morgan fingerprint density at radius 3 is 1.65 bits per heavy atom. The molecule has 2 aliphatic heterocycles. The van der Waals surface area contributed by atoms with Gasteiger partial charge in [0.25, 0.3) is 5.91 Å². The second-order valence-electron chi connectivity index (χ2n) is 21.1. The summed E-state index contributed by atoms with van der Waals surface area (Å²) in [6, 6.07) is 30.6. The largest absolute Gasteiger partial charge is 0.491 e. The van der Waals surface area contributed by atoms with Crippen LogP contribution in [0.1, 0.15) is 126 Å². The van der Waals surface area contributed by atoms with Crippen molar-refractivity contribution in [2.24, 2.45) is 0 Å². The first-order valence-electron chi connectivity index (χ1n) is 27.2. The Balaban J connectivity index is 0.895. The van der Waals surface area contributed by atoms with E-state index in [4.69, 9.17) is 43.4 Å². The highest BCUT2D eigenvalue weighted by molar-refractivity contribution is 5.95. The standard InChI is InChI=1S/C60H86N5O9/c1-59(2,3)50-41-51(60(4,5)6)43-52(42-50)61-24-15-8-7-14-21-53-47-64(63-65(53)46-48-19-12-11-13-20-48)26-17-10-9-16-25-62-58(66)49-39-56-45-57(40-49)74-38-34-70-30-28-68-32-36-72-55-23-18-22-54(44-55)71-35-31-67-27-29-69-33-37-73-56/h11-13,18-20,22-23,39-45,47,61H,7-10,14-17,21,24-38,46H2,1-6H3,(H,62,66)/p+1. The Morgan fingerprint density at radius 1 is 0.554 bits per heavy atom. The van der Waals surface area contributed by atoms with Crippen LogP contribution in [0.2, 0.25) is 0 Å². The molecule has 0 aromatic heterocycles. The maximum absolute atomic E-state index is 13.4. The topological polar surface area (TPSA) is 140 Å². The van der Waals surface area contributed by atoms with Crippen molar-refractivity contribution in [3.8, 4) is 23.0 Å². The van der Waals surface area contributed by atoms with Gasteiger partial charge in [0.2, 0.25) is 0 Å². The number of amides is 1. The normalized spacial score (nSPS) is 16.1. The highest BCUT2D eigenvalue weighted by atomic mass is 16.6. The molecule has 0 saturated heterocycles. The summed E-state index contributed by atoms with van der Waals surface area (Å²) in [4.78, 5) is 13.4. The fourth-order valence-electron chi connectivity index (χ4n) is 8.46. The predicted molar refractivity (Wildman–Crippen MR) is 291 cm³/mol. The van der Waals surface area contributed by atoms with Gasteiger partial charge in [0.05, 0.1) is 71.6 Å². The van der Waals surface area contributed by atoms with Crippen molar-refractivity contribution in [1.29, 1.82) is 0 Å². The number of carbonyl (C=O) groups is 1. The zero-order valence-corrected chi connectivity index (χ0v) is 45.5. The summed E-state index contributed by atoms with van der Waals surface area (Å²) in [5.41, 5.74) is 12.5. The lowest BCUT2D eigenvalue weighted by Crippen LogP contribution is -2.78. The van der Waals surface area contributed by atoms with E-state index < -0.39 is 0 Å². The van der Waals surface area contributed by atoms with E-state index in [-0.39, 0.29) is 16.7 Å². The average molecular weight is 1020 g/mol. The number of nitrogens with one attached hydrogen (secondary N) is 1. The molecule has 0 fully saturated rings. The summed E-state index contributed by atoms with van der Waals surface area (Å²) >= 11 is 0. The van der Waals surface area contributed by atoms with Crippen LogP contribution in [0.5, 0.6) is 23.0 Å². The molecule has 2 heterocycles. The number of nitrogens with two attached hydrogens (primary N) is 1. The first-order chi connectivity index (χ1) is 35.9. The van der Waals surface area contributed by atoms with Crippen molar-refractivity contribution in [1.82, 2.24) is 20.9 Å². The quantitative estimate of drug-likeness (QED) is 0.0728. The van der Waals surface area contributed by atoms with Crippen molar-refractivity contribution in [3.63, 3.8) is 0 Å². The molecule has 2 aliphatic rings. The molecule has 0 spiro atoms. The second-order valence-corrected chi connectivity index (χ2v) is 21.1. The minimum atomic E-state index is -0.177. The van der Waals surface area contributed by atoms with Crippen LogP contribution in [0.25, 0.3) is 0 Å². The molecule has 0 saturated carbocycles. The smallest absolute Gasteiger partial charge is 0.251 e. The minimum absolute atomic E-state index is 0.126. The lowest BCUT2D eigenvalue weighted by Gasteiger charge is -2.25. The molecule has 14 nitrogen and oxygen atoms in total. The number of quaternary nitrogens is 1. The molecule has 1 radical (unpaired) electrons. The number of hydrogen-bond donors (Lipinski definition) is 2. The van der Waals surface area contributed by atoms with Crippen molar-refractivity contribution < 1.29 is 48.0 Å². The highest BCUT2D eigenvalue weighted by Crippen LogP contribution is 2.31. The number of carbonyl (C=O) groups excluding carboxylic acids is 1. The van der Waals surface area contributed by atoms with Crippen LogP contribution in [-0.2, 0) is 36.3 Å². The zero-order valence-electron chi connectivity index (χ0n) is 45.5. The molecule has 4 aromatic carbocycles. The van der Waals surface area contributed by atoms with Gasteiger partial charge in [-0.25, -0.2) is 0 Å². The molecular weight excluding hydrogens is 935 g/mol. The van der Waals surface area contributed by atoms with Gasteiger partial charge in [0.1, 0.15) is 55.1 Å². The highest BCUT2D eigenvalue weighted by Gasteiger charge is 2.24. The van der Waals surface area contributed by atoms with Crippen molar-refractivity contribution in [2.45, 2.75) is 117 Å². The molecule has 14 heteroatoms. The van der Waals surface area contributed by atoms with Crippen molar-refractivity contribution in [3.05, 3.63) is 125 Å². The van der Waals surface area contributed by atoms with Gasteiger partial charge in [-0.2, -0.15) is 0 Å². The third-order valence-corrected chi connectivity index (χ3v) is 12.8. The Kier molecular flexibility index (Phi) is 24.7. The molecule has 74 heavy (non-hydrogen) atoms. The summed E-state index contributed by atoms with van der Waals surface area (Å²) < 4.78 is 46.4. The zero-order chi connectivity index (χ0) is 52.3. The number of nitrogens with zero attached hydrogens (tertiary/aromatic N) is 3. The summed E-state index contributed by atoms with van der Waals surface area (Å²) in [5, 5.41) is 9.86. The molecule has 4 aromatic rings. The predicted octanol–water partition coefficient (Wildman–Crippen LogP) is 9.81. The number of fused-ring (bicyclic) bond motifs is 4. The van der Waals surface area contributed by atoms with Crippen molar-refractivity contribution in [2.75, 3.05) is 98.9 Å². The number of ether oxygens (including phenoxy) is 8. The molecule has 0 aliphatic carbocycles. The molecule has 405 valence electrons. The maximum Gasteiger partial charge on any atom is 0.251 e. The summed E-state index contributed by atoms with van der Waals surface area (Å²) in [6.07, 6.45) is 12.0. The molecular formula is C60H87N5O9+. The number of unbranched alkanes of at least 4 members (excludes halogenated alkanes) is 6. The molecule has 0 unspecified atom stereocenters. The molecule has 1 amide bonds. The van der Waals surface area contributed by atoms with E-state index in [9.17, 15) is 4.79 Å². The lowest BCUT2D eigenvalue weighted by molar-refractivity contribution is -0.572. The molecule has 4 bridgehead atoms. The minimum Gasteiger partial charge on any atom is -0.491 e. The Hall–Kier alpha value is -5.35. The Bertz CT molecular complexity index is 2170. The van der Waals surface area contributed by atoms with E-state index in [1.54, 1.807) is 18.2 Å². The average Bonchev–Trinajstić information content (AvgIpc) is 3.76. The van der Waals surface area contributed by atoms with Crippen LogP contribution in [-0.4, -0.2) is 115 Å². The van der Waals surface area contributed by atoms with Gasteiger partial charge < -0.3 is 48.5 Å². The first kappa shape index (κ1) is 57.9. The Morgan fingerprint density at radius 2 is 1.07 bits per heavy atom. The fraction of sp³-hybridized carbons (Fsp3) is 0.550. The van der Waals surface area contributed by atoms with Gasteiger partial charge in [-0.3, -0.25) is 14.8 Å². The maximum atomic E-state index is 13.4. The molecule has 6 rings (SSSR count). The first-order valence-corrected chi connectivity index (χ1v) is 27.2. The Labute approximate surface area is 442 Å². The van der Waals surface area contributed by atoms with Gasteiger partial charge in [0, 0.05) is 49.1 Å². The SMILES string of the molecule is CC(C)(C)c1cc([NH2+]CCCCCCC2=CN(CCCCCCNC(=O)c3cc4cc(c3)OCCOCCOCCOc3cccc(c3)OCCOCCOCCO4)[N]N2Cc2ccccc2)cc(C(C)(C)C)c1. The molecule has 3 N–H and O–H groups in total. The van der Waals surface area contributed by atoms with Gasteiger partial charge in [0.15, 0.2) is 0 Å². The van der Waals surface area contributed by atoms with E-state index in [0.717, 1.165) is 58.2 Å². The van der Waals surface area contributed by atoms with Gasteiger partial charge in [-0.05, 0) is 95.8 Å². The van der Waals surface area contributed by atoms with E-state index in [1.165, 1.54) is 47.3 Å². The fourth-order valence-corrected chi connectivity index (χ4v) is 8.46. The van der Waals surface area contributed by atoms with Crippen LogP contribution in [0.4, 0.5) is 5.69 Å². The van der Waals surface area contributed by atoms with Crippen LogP contribution >= 0.6 is 0 Å². The van der Waals surface area contributed by atoms with Crippen LogP contribution in [0.3, 0.4) is 0 Å². The van der Waals surface area contributed by atoms with Crippen LogP contribution in [0.15, 0.2) is 103 Å². The third kappa shape index (κ3) is 21.9. The summed E-state index contributed by atoms with van der Waals surface area (Å²) in [5.74, 6) is 2.29. The number of rotatable bonds is 18.